The molecule has 0 aliphatic heterocycles. The van der Waals surface area contributed by atoms with E-state index in [4.69, 9.17) is 16.9 Å². The molecule has 1 amide bonds. The predicted octanol–water partition coefficient (Wildman–Crippen LogP) is 7.02. The lowest BCUT2D eigenvalue weighted by molar-refractivity contribution is -0.389. The van der Waals surface area contributed by atoms with E-state index >= 15 is 0 Å². The Bertz CT molecular complexity index is 1260. The molecule has 0 saturated carbocycles. The third-order valence-electron chi connectivity index (χ3n) is 4.67. The molecule has 36 heavy (non-hydrogen) atoms. The summed E-state index contributed by atoms with van der Waals surface area (Å²) in [5, 5.41) is 20.9. The van der Waals surface area contributed by atoms with Crippen LogP contribution in [0.5, 0.6) is 0 Å². The van der Waals surface area contributed by atoms with Crippen LogP contribution in [0.15, 0.2) is 35.2 Å². The second-order valence-corrected chi connectivity index (χ2v) is 8.07. The number of carbonyl (C=O) groups excluding carboxylic acids is 1. The molecule has 0 aliphatic carbocycles. The van der Waals surface area contributed by atoms with Crippen molar-refractivity contribution < 1.29 is 49.2 Å². The number of nitriles is 1. The van der Waals surface area contributed by atoms with E-state index in [0.29, 0.717) is 17.8 Å². The summed E-state index contributed by atoms with van der Waals surface area (Å²) in [6, 6.07) is 3.92. The summed E-state index contributed by atoms with van der Waals surface area (Å²) in [5.74, 6) is -8.11. The van der Waals surface area contributed by atoms with Gasteiger partial charge in [-0.25, -0.2) is 4.39 Å². The zero-order valence-electron chi connectivity index (χ0n) is 17.2. The Morgan fingerprint density at radius 1 is 1.06 bits per heavy atom. The molecule has 2 aromatic carbocycles. The van der Waals surface area contributed by atoms with Gasteiger partial charge < -0.3 is 5.32 Å². The molecule has 2 rings (SSSR count). The average molecular weight is 566 g/mol. The second-order valence-electron chi connectivity index (χ2n) is 6.82. The third kappa shape index (κ3) is 4.89. The van der Waals surface area contributed by atoms with Crippen molar-refractivity contribution in [2.75, 3.05) is 11.6 Å². The fourth-order valence-electron chi connectivity index (χ4n) is 2.89. The van der Waals surface area contributed by atoms with E-state index in [2.05, 4.69) is 0 Å². The van der Waals surface area contributed by atoms with Gasteiger partial charge in [0.2, 0.25) is 0 Å². The molecule has 1 unspecified atom stereocenters. The minimum atomic E-state index is -6.94. The van der Waals surface area contributed by atoms with E-state index in [1.54, 1.807) is 0 Å². The number of nitro benzene ring substituents is 1. The molecule has 0 bridgehead atoms. The standard InChI is InChI=1S/C19H9ClF9N3O3S/c1-36-13-6-10(16(21,18(24,25)26)17(22,23)19(27,28)29)5-11(20)14(13)31-15(33)8-2-3-9(7-30)12(4-8)32(34)35/h2-6H,1H3,(H,31,33). The molecular weight excluding hydrogens is 557 g/mol. The van der Waals surface area contributed by atoms with Crippen LogP contribution in [0.3, 0.4) is 0 Å². The average Bonchev–Trinajstić information content (AvgIpc) is 2.77. The molecule has 0 fully saturated rings. The molecule has 194 valence electrons. The van der Waals surface area contributed by atoms with Gasteiger partial charge in [0.15, 0.2) is 0 Å². The zero-order chi connectivity index (χ0) is 27.9. The maximum Gasteiger partial charge on any atom is 0.457 e. The maximum absolute atomic E-state index is 14.8. The van der Waals surface area contributed by atoms with Crippen LogP contribution in [0.2, 0.25) is 5.02 Å². The monoisotopic (exact) mass is 565 g/mol. The van der Waals surface area contributed by atoms with Crippen LogP contribution in [-0.2, 0) is 5.67 Å². The van der Waals surface area contributed by atoms with E-state index in [1.807, 2.05) is 5.32 Å². The highest BCUT2D eigenvalue weighted by atomic mass is 35.5. The summed E-state index contributed by atoms with van der Waals surface area (Å²) in [4.78, 5) is 22.0. The Labute approximate surface area is 204 Å². The predicted molar refractivity (Wildman–Crippen MR) is 109 cm³/mol. The highest BCUT2D eigenvalue weighted by Crippen LogP contribution is 2.59. The maximum atomic E-state index is 14.8. The summed E-state index contributed by atoms with van der Waals surface area (Å²) >= 11 is 6.16. The van der Waals surface area contributed by atoms with E-state index < -0.39 is 72.8 Å². The van der Waals surface area contributed by atoms with Crippen LogP contribution >= 0.6 is 23.4 Å². The SMILES string of the molecule is CSc1cc(C(F)(C(F)(F)F)C(F)(F)C(F)(F)F)cc(Cl)c1NC(=O)c1ccc(C#N)c([N+](=O)[O-])c1. The number of benzene rings is 2. The van der Waals surface area contributed by atoms with Crippen molar-refractivity contribution in [3.8, 4) is 6.07 Å². The van der Waals surface area contributed by atoms with E-state index in [9.17, 15) is 54.4 Å². The highest BCUT2D eigenvalue weighted by molar-refractivity contribution is 7.98. The van der Waals surface area contributed by atoms with Crippen molar-refractivity contribution in [2.45, 2.75) is 28.8 Å². The summed E-state index contributed by atoms with van der Waals surface area (Å²) in [7, 11) is 0. The number of anilines is 1. The third-order valence-corrected chi connectivity index (χ3v) is 5.73. The first-order valence-electron chi connectivity index (χ1n) is 8.91. The molecule has 0 saturated heterocycles. The number of carbonyl (C=O) groups is 1. The van der Waals surface area contributed by atoms with Crippen LogP contribution in [0.25, 0.3) is 0 Å². The van der Waals surface area contributed by atoms with Gasteiger partial charge in [0, 0.05) is 22.1 Å². The Balaban J connectivity index is 2.64. The van der Waals surface area contributed by atoms with Crippen LogP contribution in [-0.4, -0.2) is 35.4 Å². The first kappa shape index (κ1) is 29.0. The lowest BCUT2D eigenvalue weighted by Gasteiger charge is -2.36. The topological polar surface area (TPSA) is 96.0 Å². The molecule has 0 heterocycles. The molecule has 0 aliphatic rings. The largest absolute Gasteiger partial charge is 0.457 e. The second kappa shape index (κ2) is 9.69. The number of rotatable bonds is 6. The number of nitro groups is 1. The van der Waals surface area contributed by atoms with Crippen molar-refractivity contribution in [1.82, 2.24) is 0 Å². The fourth-order valence-corrected chi connectivity index (χ4v) is 3.82. The lowest BCUT2D eigenvalue weighted by atomic mass is 9.87. The summed E-state index contributed by atoms with van der Waals surface area (Å²) in [6.45, 7) is 0. The van der Waals surface area contributed by atoms with Crippen LogP contribution < -0.4 is 5.32 Å². The number of hydrogen-bond donors (Lipinski definition) is 1. The molecule has 1 atom stereocenters. The van der Waals surface area contributed by atoms with Crippen molar-refractivity contribution >= 4 is 40.6 Å². The van der Waals surface area contributed by atoms with E-state index in [-0.39, 0.29) is 12.1 Å². The molecule has 0 radical (unpaired) electrons. The number of nitrogens with zero attached hydrogens (tertiary/aromatic N) is 2. The van der Waals surface area contributed by atoms with E-state index in [1.165, 1.54) is 6.07 Å². The molecule has 17 heteroatoms. The quantitative estimate of drug-likeness (QED) is 0.176. The van der Waals surface area contributed by atoms with Crippen LogP contribution in [0.4, 0.5) is 50.9 Å². The van der Waals surface area contributed by atoms with Crippen molar-refractivity contribution in [3.63, 3.8) is 0 Å². The Morgan fingerprint density at radius 2 is 1.64 bits per heavy atom. The van der Waals surface area contributed by atoms with Crippen molar-refractivity contribution in [1.29, 1.82) is 5.26 Å². The van der Waals surface area contributed by atoms with Gasteiger partial charge in [0.05, 0.1) is 15.6 Å². The van der Waals surface area contributed by atoms with Gasteiger partial charge in [0.25, 0.3) is 11.6 Å². The van der Waals surface area contributed by atoms with Gasteiger partial charge >= 0.3 is 23.9 Å². The number of hydrogen-bond acceptors (Lipinski definition) is 5. The first-order valence-corrected chi connectivity index (χ1v) is 10.5. The van der Waals surface area contributed by atoms with Crippen LogP contribution in [0, 0.1) is 21.4 Å². The summed E-state index contributed by atoms with van der Waals surface area (Å²) in [5.41, 5.74) is -10.7. The van der Waals surface area contributed by atoms with Gasteiger partial charge in [-0.15, -0.1) is 11.8 Å². The van der Waals surface area contributed by atoms with Gasteiger partial charge in [-0.05, 0) is 30.5 Å². The number of halogens is 10. The molecular formula is C19H9ClF9N3O3S. The highest BCUT2D eigenvalue weighted by Gasteiger charge is 2.81. The normalized spacial score (nSPS) is 14.1. The minimum absolute atomic E-state index is 0.0144. The van der Waals surface area contributed by atoms with Gasteiger partial charge in [-0.2, -0.15) is 40.4 Å². The van der Waals surface area contributed by atoms with Gasteiger partial charge in [-0.3, -0.25) is 14.9 Å². The number of nitrogens with one attached hydrogen (secondary N) is 1. The molecule has 1 N–H and O–H groups in total. The fraction of sp³-hybridized carbons (Fsp3) is 0.263. The van der Waals surface area contributed by atoms with Crippen molar-refractivity contribution in [3.05, 3.63) is 62.2 Å². The number of alkyl halides is 9. The Hall–Kier alpha value is -3.19. The zero-order valence-corrected chi connectivity index (χ0v) is 18.8. The molecule has 0 spiro atoms. The van der Waals surface area contributed by atoms with Gasteiger partial charge in [0.1, 0.15) is 11.6 Å². The van der Waals surface area contributed by atoms with E-state index in [0.717, 1.165) is 18.4 Å². The Kier molecular flexibility index (Phi) is 7.82. The molecule has 6 nitrogen and oxygen atoms in total. The summed E-state index contributed by atoms with van der Waals surface area (Å²) < 4.78 is 121. The Morgan fingerprint density at radius 3 is 2.08 bits per heavy atom. The molecule has 2 aromatic rings. The van der Waals surface area contributed by atoms with Crippen LogP contribution in [0.1, 0.15) is 21.5 Å². The number of amides is 1. The smallest absolute Gasteiger partial charge is 0.320 e. The minimum Gasteiger partial charge on any atom is -0.320 e. The molecule has 0 aromatic heterocycles. The van der Waals surface area contributed by atoms with Gasteiger partial charge in [-0.1, -0.05) is 11.6 Å². The first-order chi connectivity index (χ1) is 16.3. The number of thioether (sulfide) groups is 1. The summed E-state index contributed by atoms with van der Waals surface area (Å²) in [6.07, 6.45) is -12.6. The van der Waals surface area contributed by atoms with Crippen molar-refractivity contribution in [2.24, 2.45) is 0 Å². The lowest BCUT2D eigenvalue weighted by Crippen LogP contribution is -2.59.